The van der Waals surface area contributed by atoms with E-state index in [0.29, 0.717) is 6.61 Å². The van der Waals surface area contributed by atoms with Crippen molar-refractivity contribution in [3.8, 4) is 11.5 Å². The predicted molar refractivity (Wildman–Crippen MR) is 97.4 cm³/mol. The molecule has 2 heteroatoms. The summed E-state index contributed by atoms with van der Waals surface area (Å²) in [6.45, 7) is 11.5. The average molecular weight is 310 g/mol. The number of unbranched alkanes of at least 4 members (excludes halogenated alkanes) is 1. The second kappa shape index (κ2) is 8.42. The first kappa shape index (κ1) is 17.1. The molecular formula is C21H26O2. The fourth-order valence-electron chi connectivity index (χ4n) is 2.66. The second-order valence-electron chi connectivity index (χ2n) is 5.91. The molecule has 0 atom stereocenters. The topological polar surface area (TPSA) is 18.5 Å². The van der Waals surface area contributed by atoms with Gasteiger partial charge in [-0.25, -0.2) is 0 Å². The van der Waals surface area contributed by atoms with E-state index in [0.717, 1.165) is 36.5 Å². The summed E-state index contributed by atoms with van der Waals surface area (Å²) in [7, 11) is 0. The van der Waals surface area contributed by atoms with Crippen LogP contribution in [-0.2, 0) is 0 Å². The van der Waals surface area contributed by atoms with Crippen LogP contribution < -0.4 is 9.47 Å². The van der Waals surface area contributed by atoms with Gasteiger partial charge in [0.15, 0.2) is 0 Å². The molecule has 0 aliphatic rings. The smallest absolute Gasteiger partial charge is 0.125 e. The van der Waals surface area contributed by atoms with Crippen LogP contribution in [0.1, 0.15) is 35.1 Å². The lowest BCUT2D eigenvalue weighted by atomic mass is 10.1. The van der Waals surface area contributed by atoms with E-state index >= 15 is 0 Å². The summed E-state index contributed by atoms with van der Waals surface area (Å²) in [4.78, 5) is 0. The monoisotopic (exact) mass is 310 g/mol. The van der Waals surface area contributed by atoms with Crippen molar-refractivity contribution in [2.24, 2.45) is 0 Å². The van der Waals surface area contributed by atoms with Crippen molar-refractivity contribution in [2.45, 2.75) is 33.6 Å². The van der Waals surface area contributed by atoms with Gasteiger partial charge in [-0.15, -0.1) is 0 Å². The highest BCUT2D eigenvalue weighted by Crippen LogP contribution is 2.24. The van der Waals surface area contributed by atoms with E-state index in [2.05, 4.69) is 39.5 Å². The van der Waals surface area contributed by atoms with Crippen LogP contribution in [0.15, 0.2) is 43.0 Å². The number of benzene rings is 2. The van der Waals surface area contributed by atoms with E-state index in [1.165, 1.54) is 16.7 Å². The van der Waals surface area contributed by atoms with Crippen LogP contribution in [0.5, 0.6) is 11.5 Å². The summed E-state index contributed by atoms with van der Waals surface area (Å²) in [6, 6.07) is 12.3. The number of hydrogen-bond acceptors (Lipinski definition) is 2. The van der Waals surface area contributed by atoms with Gasteiger partial charge in [0, 0.05) is 0 Å². The Morgan fingerprint density at radius 2 is 1.43 bits per heavy atom. The molecule has 2 aromatic rings. The molecular weight excluding hydrogens is 284 g/mol. The van der Waals surface area contributed by atoms with Crippen LogP contribution in [0.2, 0.25) is 0 Å². The third kappa shape index (κ3) is 5.17. The third-order valence-corrected chi connectivity index (χ3v) is 3.77. The Bertz CT molecular complexity index is 618. The first-order valence-corrected chi connectivity index (χ1v) is 8.16. The van der Waals surface area contributed by atoms with E-state index in [-0.39, 0.29) is 0 Å². The normalized spacial score (nSPS) is 10.4. The minimum absolute atomic E-state index is 0.711. The van der Waals surface area contributed by atoms with E-state index in [1.807, 2.05) is 30.3 Å². The Morgan fingerprint density at radius 3 is 2.00 bits per heavy atom. The molecule has 0 aromatic heterocycles. The number of hydrogen-bond donors (Lipinski definition) is 0. The molecule has 0 aliphatic heterocycles. The molecule has 0 amide bonds. The van der Waals surface area contributed by atoms with Crippen LogP contribution in [0, 0.1) is 20.8 Å². The van der Waals surface area contributed by atoms with Crippen molar-refractivity contribution < 1.29 is 9.47 Å². The highest BCUT2D eigenvalue weighted by atomic mass is 16.5. The predicted octanol–water partition coefficient (Wildman–Crippen LogP) is 5.49. The van der Waals surface area contributed by atoms with Crippen molar-refractivity contribution in [1.29, 1.82) is 0 Å². The molecule has 0 unspecified atom stereocenters. The Balaban J connectivity index is 1.69. The van der Waals surface area contributed by atoms with Crippen LogP contribution in [0.4, 0.5) is 0 Å². The zero-order valence-corrected chi connectivity index (χ0v) is 14.4. The van der Waals surface area contributed by atoms with Gasteiger partial charge in [0.1, 0.15) is 11.5 Å². The van der Waals surface area contributed by atoms with E-state index in [1.54, 1.807) is 0 Å². The third-order valence-electron chi connectivity index (χ3n) is 3.77. The molecule has 2 rings (SSSR count). The van der Waals surface area contributed by atoms with E-state index in [9.17, 15) is 0 Å². The van der Waals surface area contributed by atoms with Crippen LogP contribution in [0.3, 0.4) is 0 Å². The zero-order chi connectivity index (χ0) is 16.7. The summed E-state index contributed by atoms with van der Waals surface area (Å²) in [5.41, 5.74) is 4.81. The fraction of sp³-hybridized carbons (Fsp3) is 0.333. The SMILES string of the molecule is C=Cc1ccc(OCCCCOc2c(C)cc(C)cc2C)cc1. The molecule has 0 saturated carbocycles. The zero-order valence-electron chi connectivity index (χ0n) is 14.4. The van der Waals surface area contributed by atoms with Crippen molar-refractivity contribution >= 4 is 6.08 Å². The molecule has 0 radical (unpaired) electrons. The van der Waals surface area contributed by atoms with Gasteiger partial charge in [-0.2, -0.15) is 0 Å². The minimum atomic E-state index is 0.711. The highest BCUT2D eigenvalue weighted by molar-refractivity contribution is 5.48. The molecule has 0 bridgehead atoms. The maximum absolute atomic E-state index is 5.94. The molecule has 122 valence electrons. The summed E-state index contributed by atoms with van der Waals surface area (Å²) in [5, 5.41) is 0. The summed E-state index contributed by atoms with van der Waals surface area (Å²) >= 11 is 0. The molecule has 2 nitrogen and oxygen atoms in total. The van der Waals surface area contributed by atoms with Crippen molar-refractivity contribution in [2.75, 3.05) is 13.2 Å². The van der Waals surface area contributed by atoms with Gasteiger partial charge >= 0.3 is 0 Å². The quantitative estimate of drug-likeness (QED) is 0.600. The van der Waals surface area contributed by atoms with Crippen molar-refractivity contribution in [3.05, 3.63) is 65.2 Å². The maximum Gasteiger partial charge on any atom is 0.125 e. The lowest BCUT2D eigenvalue weighted by Gasteiger charge is -2.13. The molecule has 23 heavy (non-hydrogen) atoms. The molecule has 0 fully saturated rings. The Hall–Kier alpha value is -2.22. The fourth-order valence-corrected chi connectivity index (χ4v) is 2.66. The summed E-state index contributed by atoms with van der Waals surface area (Å²) in [6.07, 6.45) is 3.79. The van der Waals surface area contributed by atoms with Gasteiger partial charge in [-0.1, -0.05) is 42.5 Å². The maximum atomic E-state index is 5.94. The van der Waals surface area contributed by atoms with Crippen molar-refractivity contribution in [3.63, 3.8) is 0 Å². The molecule has 0 saturated heterocycles. The van der Waals surface area contributed by atoms with Crippen LogP contribution >= 0.6 is 0 Å². The Labute approximate surface area is 139 Å². The van der Waals surface area contributed by atoms with Gasteiger partial charge in [0.2, 0.25) is 0 Å². The molecule has 0 spiro atoms. The van der Waals surface area contributed by atoms with Gasteiger partial charge in [0.25, 0.3) is 0 Å². The molecule has 0 N–H and O–H groups in total. The van der Waals surface area contributed by atoms with Crippen molar-refractivity contribution in [1.82, 2.24) is 0 Å². The Kier molecular flexibility index (Phi) is 6.28. The minimum Gasteiger partial charge on any atom is -0.494 e. The molecule has 0 heterocycles. The lowest BCUT2D eigenvalue weighted by Crippen LogP contribution is -2.04. The second-order valence-corrected chi connectivity index (χ2v) is 5.91. The highest BCUT2D eigenvalue weighted by Gasteiger charge is 2.04. The standard InChI is InChI=1S/C21H26O2/c1-5-19-8-10-20(11-9-19)22-12-6-7-13-23-21-17(3)14-16(2)15-18(21)4/h5,8-11,14-15H,1,6-7,12-13H2,2-4H3. The number of rotatable bonds is 8. The first-order valence-electron chi connectivity index (χ1n) is 8.16. The summed E-state index contributed by atoms with van der Waals surface area (Å²) < 4.78 is 11.7. The van der Waals surface area contributed by atoms with E-state index in [4.69, 9.17) is 9.47 Å². The first-order chi connectivity index (χ1) is 11.1. The van der Waals surface area contributed by atoms with Gasteiger partial charge < -0.3 is 9.47 Å². The average Bonchev–Trinajstić information content (AvgIpc) is 2.53. The molecule has 0 aliphatic carbocycles. The van der Waals surface area contributed by atoms with Crippen LogP contribution in [-0.4, -0.2) is 13.2 Å². The molecule has 2 aromatic carbocycles. The number of ether oxygens (including phenoxy) is 2. The lowest BCUT2D eigenvalue weighted by molar-refractivity contribution is 0.265. The number of aryl methyl sites for hydroxylation is 3. The van der Waals surface area contributed by atoms with Crippen LogP contribution in [0.25, 0.3) is 6.08 Å². The largest absolute Gasteiger partial charge is 0.494 e. The summed E-state index contributed by atoms with van der Waals surface area (Å²) in [5.74, 6) is 1.93. The van der Waals surface area contributed by atoms with Gasteiger partial charge in [-0.3, -0.25) is 0 Å². The van der Waals surface area contributed by atoms with Gasteiger partial charge in [-0.05, 0) is 62.4 Å². The Morgan fingerprint density at radius 1 is 0.870 bits per heavy atom. The van der Waals surface area contributed by atoms with Gasteiger partial charge in [0.05, 0.1) is 13.2 Å². The van der Waals surface area contributed by atoms with E-state index < -0.39 is 0 Å².